The molecular weight excluding hydrogens is 522 g/mol. The average molecular weight is 572 g/mol. The zero-order chi connectivity index (χ0) is 30.2. The van der Waals surface area contributed by atoms with Crippen LogP contribution in [0.15, 0.2) is 12.2 Å². The summed E-state index contributed by atoms with van der Waals surface area (Å²) in [5, 5.41) is 32.0. The standard InChI is InChI=1S/C29H49NO8S/c1-26(2,3)17-27(4,5)14-19-10-11-20(15-28(6,7)18-29(8,9)16-21(31)32)23-22(19)24(33)30(25(23)34)12-13-38-39(35,36)37/h10-11,19-20,33-34H,12-18H2,1-9H3,(H,31,32)(H,35,36,37). The summed E-state index contributed by atoms with van der Waals surface area (Å²) in [6.07, 6.45) is 7.14. The first-order valence-electron chi connectivity index (χ1n) is 13.6. The van der Waals surface area contributed by atoms with E-state index in [9.17, 15) is 28.5 Å². The van der Waals surface area contributed by atoms with Gasteiger partial charge in [0.25, 0.3) is 0 Å². The van der Waals surface area contributed by atoms with E-state index < -0.39 is 28.4 Å². The number of aromatic nitrogens is 1. The molecule has 2 atom stereocenters. The largest absolute Gasteiger partial charge is 0.494 e. The van der Waals surface area contributed by atoms with Crippen LogP contribution < -0.4 is 0 Å². The fourth-order valence-electron chi connectivity index (χ4n) is 7.15. The Kier molecular flexibility index (Phi) is 9.74. The first-order chi connectivity index (χ1) is 17.4. The van der Waals surface area contributed by atoms with Crippen molar-refractivity contribution in [3.05, 3.63) is 23.3 Å². The van der Waals surface area contributed by atoms with Gasteiger partial charge < -0.3 is 15.3 Å². The summed E-state index contributed by atoms with van der Waals surface area (Å²) < 4.78 is 36.7. The van der Waals surface area contributed by atoms with Crippen LogP contribution >= 0.6 is 0 Å². The maximum Gasteiger partial charge on any atom is 0.397 e. The van der Waals surface area contributed by atoms with Gasteiger partial charge in [0.15, 0.2) is 11.8 Å². The number of rotatable bonds is 13. The van der Waals surface area contributed by atoms with Gasteiger partial charge in [-0.05, 0) is 47.3 Å². The van der Waals surface area contributed by atoms with Gasteiger partial charge in [-0.2, -0.15) is 8.42 Å². The van der Waals surface area contributed by atoms with Crippen molar-refractivity contribution in [2.75, 3.05) is 6.61 Å². The molecule has 1 heterocycles. The Labute approximate surface area is 234 Å². The van der Waals surface area contributed by atoms with Crippen LogP contribution in [-0.4, -0.2) is 45.4 Å². The lowest BCUT2D eigenvalue weighted by Gasteiger charge is -2.38. The molecule has 0 aromatic carbocycles. The van der Waals surface area contributed by atoms with E-state index in [1.54, 1.807) is 0 Å². The number of hydrogen-bond donors (Lipinski definition) is 4. The van der Waals surface area contributed by atoms with E-state index in [-0.39, 0.29) is 52.8 Å². The summed E-state index contributed by atoms with van der Waals surface area (Å²) in [6.45, 7) is 18.4. The highest BCUT2D eigenvalue weighted by Crippen LogP contribution is 2.54. The average Bonchev–Trinajstić information content (AvgIpc) is 2.90. The Morgan fingerprint density at radius 2 is 1.28 bits per heavy atom. The van der Waals surface area contributed by atoms with Crippen LogP contribution in [0.1, 0.15) is 117 Å². The number of fused-ring (bicyclic) bond motifs is 1. The van der Waals surface area contributed by atoms with E-state index in [2.05, 4.69) is 64.8 Å². The van der Waals surface area contributed by atoms with Crippen LogP contribution in [-0.2, 0) is 25.9 Å². The molecule has 224 valence electrons. The zero-order valence-electron chi connectivity index (χ0n) is 25.0. The van der Waals surface area contributed by atoms with Crippen LogP contribution in [0.25, 0.3) is 0 Å². The number of aliphatic carboxylic acids is 1. The predicted molar refractivity (Wildman–Crippen MR) is 151 cm³/mol. The molecular formula is C29H49NO8S. The molecule has 4 N–H and O–H groups in total. The first-order valence-corrected chi connectivity index (χ1v) is 14.9. The third-order valence-corrected chi connectivity index (χ3v) is 7.75. The second-order valence-corrected chi connectivity index (χ2v) is 16.0. The molecule has 0 saturated carbocycles. The van der Waals surface area contributed by atoms with Crippen molar-refractivity contribution in [2.45, 2.75) is 113 Å². The molecule has 0 saturated heterocycles. The Hall–Kier alpha value is -2.04. The minimum atomic E-state index is -4.67. The molecule has 39 heavy (non-hydrogen) atoms. The first kappa shape index (κ1) is 33.2. The van der Waals surface area contributed by atoms with Crippen LogP contribution in [0, 0.1) is 21.7 Å². The van der Waals surface area contributed by atoms with E-state index in [4.69, 9.17) is 4.55 Å². The number of allylic oxidation sites excluding steroid dienone is 2. The molecule has 0 aliphatic heterocycles. The second-order valence-electron chi connectivity index (χ2n) is 14.9. The number of carbonyl (C=O) groups is 1. The monoisotopic (exact) mass is 571 g/mol. The lowest BCUT2D eigenvalue weighted by Crippen LogP contribution is -2.28. The maximum atomic E-state index is 11.4. The van der Waals surface area contributed by atoms with Crippen LogP contribution in [0.4, 0.5) is 0 Å². The van der Waals surface area contributed by atoms with Crippen molar-refractivity contribution in [1.82, 2.24) is 4.57 Å². The van der Waals surface area contributed by atoms with E-state index >= 15 is 0 Å². The highest BCUT2D eigenvalue weighted by atomic mass is 32.3. The maximum absolute atomic E-state index is 11.4. The van der Waals surface area contributed by atoms with E-state index in [1.165, 1.54) is 4.57 Å². The highest BCUT2D eigenvalue weighted by Gasteiger charge is 2.40. The Morgan fingerprint density at radius 3 is 1.67 bits per heavy atom. The van der Waals surface area contributed by atoms with Gasteiger partial charge in [-0.25, -0.2) is 4.18 Å². The molecule has 0 fully saturated rings. The highest BCUT2D eigenvalue weighted by molar-refractivity contribution is 7.80. The van der Waals surface area contributed by atoms with Gasteiger partial charge in [-0.1, -0.05) is 74.5 Å². The minimum absolute atomic E-state index is 0.0449. The molecule has 1 aliphatic carbocycles. The second kappa shape index (κ2) is 11.4. The van der Waals surface area contributed by atoms with Gasteiger partial charge in [0.1, 0.15) is 0 Å². The van der Waals surface area contributed by atoms with Crippen LogP contribution in [0.2, 0.25) is 0 Å². The van der Waals surface area contributed by atoms with E-state index in [1.807, 2.05) is 13.8 Å². The number of aromatic hydroxyl groups is 2. The molecule has 2 unspecified atom stereocenters. The molecule has 10 heteroatoms. The quantitative estimate of drug-likeness (QED) is 0.153. The third-order valence-electron chi connectivity index (χ3n) is 7.29. The number of nitrogens with zero attached hydrogens (tertiary/aromatic N) is 1. The Balaban J connectivity index is 2.49. The molecule has 1 aromatic heterocycles. The summed E-state index contributed by atoms with van der Waals surface area (Å²) in [5.74, 6) is -1.56. The SMILES string of the molecule is CC(C)(C)CC(C)(C)CC1C=CC(CC(C)(C)CC(C)(C)CC(=O)O)c2c1c(O)n(CCOS(=O)(=O)O)c2O. The topological polar surface area (TPSA) is 146 Å². The van der Waals surface area contributed by atoms with Crippen molar-refractivity contribution in [1.29, 1.82) is 0 Å². The van der Waals surface area contributed by atoms with E-state index in [0.717, 1.165) is 12.8 Å². The number of carboxylic acid groups (broad SMARTS) is 1. The van der Waals surface area contributed by atoms with Crippen LogP contribution in [0.3, 0.4) is 0 Å². The molecule has 1 aliphatic rings. The molecule has 0 bridgehead atoms. The van der Waals surface area contributed by atoms with Crippen molar-refractivity contribution >= 4 is 16.4 Å². The number of carboxylic acids is 1. The lowest BCUT2D eigenvalue weighted by atomic mass is 9.66. The molecule has 0 amide bonds. The summed E-state index contributed by atoms with van der Waals surface area (Å²) in [4.78, 5) is 11.4. The Bertz CT molecular complexity index is 1170. The van der Waals surface area contributed by atoms with Crippen molar-refractivity contribution in [2.24, 2.45) is 21.7 Å². The summed E-state index contributed by atoms with van der Waals surface area (Å²) in [6, 6.07) is 0. The van der Waals surface area contributed by atoms with Gasteiger partial charge >= 0.3 is 16.4 Å². The molecule has 2 rings (SSSR count). The molecule has 0 radical (unpaired) electrons. The normalized spacial score (nSPS) is 18.8. The van der Waals surface area contributed by atoms with Gasteiger partial charge in [0.2, 0.25) is 0 Å². The fraction of sp³-hybridized carbons (Fsp3) is 0.759. The number of hydrogen-bond acceptors (Lipinski definition) is 6. The van der Waals surface area contributed by atoms with Crippen molar-refractivity contribution in [3.8, 4) is 11.8 Å². The lowest BCUT2D eigenvalue weighted by molar-refractivity contribution is -0.139. The molecule has 9 nitrogen and oxygen atoms in total. The van der Waals surface area contributed by atoms with Crippen molar-refractivity contribution < 1.29 is 37.3 Å². The smallest absolute Gasteiger partial charge is 0.397 e. The van der Waals surface area contributed by atoms with E-state index in [0.29, 0.717) is 24.0 Å². The van der Waals surface area contributed by atoms with Gasteiger partial charge in [0, 0.05) is 23.0 Å². The zero-order valence-corrected chi connectivity index (χ0v) is 25.9. The van der Waals surface area contributed by atoms with Gasteiger partial charge in [-0.3, -0.25) is 13.9 Å². The molecule has 0 spiro atoms. The third kappa shape index (κ3) is 9.83. The molecule has 1 aromatic rings. The minimum Gasteiger partial charge on any atom is -0.494 e. The van der Waals surface area contributed by atoms with Gasteiger partial charge in [0.05, 0.1) is 19.6 Å². The summed E-state index contributed by atoms with van der Waals surface area (Å²) >= 11 is 0. The van der Waals surface area contributed by atoms with Crippen molar-refractivity contribution in [3.63, 3.8) is 0 Å². The fourth-order valence-corrected chi connectivity index (χ4v) is 7.43. The summed E-state index contributed by atoms with van der Waals surface area (Å²) in [5.41, 5.74) is 0.525. The van der Waals surface area contributed by atoms with Crippen LogP contribution in [0.5, 0.6) is 11.8 Å². The predicted octanol–water partition coefficient (Wildman–Crippen LogP) is 6.62. The Morgan fingerprint density at radius 1 is 0.846 bits per heavy atom. The summed E-state index contributed by atoms with van der Waals surface area (Å²) in [7, 11) is -4.67. The van der Waals surface area contributed by atoms with Gasteiger partial charge in [-0.15, -0.1) is 0 Å².